The monoisotopic (exact) mass is 300 g/mol. The minimum absolute atomic E-state index is 0.0489. The number of halogens is 1. The molecule has 0 amide bonds. The van der Waals surface area contributed by atoms with Gasteiger partial charge in [0.1, 0.15) is 11.6 Å². The molecule has 0 spiro atoms. The Labute approximate surface area is 127 Å². The molecule has 3 rings (SSSR count). The minimum atomic E-state index is -0.222. The molecule has 1 aromatic carbocycles. The number of guanidine groups is 1. The molecule has 1 aliphatic carbocycles. The van der Waals surface area contributed by atoms with Gasteiger partial charge in [-0.25, -0.2) is 4.39 Å². The number of fused-ring (bicyclic) bond motifs is 1. The number of benzene rings is 1. The molecule has 5 nitrogen and oxygen atoms in total. The van der Waals surface area contributed by atoms with E-state index in [0.29, 0.717) is 24.1 Å². The summed E-state index contributed by atoms with van der Waals surface area (Å²) in [5, 5.41) is 7.88. The topological polar surface area (TPSA) is 89.9 Å². The first-order valence-corrected chi connectivity index (χ1v) is 7.03. The normalized spacial score (nSPS) is 19.0. The summed E-state index contributed by atoms with van der Waals surface area (Å²) < 4.78 is 19.7. The maximum absolute atomic E-state index is 14.1. The van der Waals surface area contributed by atoms with E-state index in [1.165, 1.54) is 6.07 Å². The molecule has 0 bridgehead atoms. The highest BCUT2D eigenvalue weighted by Gasteiger charge is 2.30. The van der Waals surface area contributed by atoms with Gasteiger partial charge in [-0.15, -0.1) is 5.10 Å². The lowest BCUT2D eigenvalue weighted by Gasteiger charge is -2.23. The van der Waals surface area contributed by atoms with Gasteiger partial charge < -0.3 is 15.9 Å². The van der Waals surface area contributed by atoms with Crippen LogP contribution in [0.2, 0.25) is 0 Å². The molecule has 4 N–H and O–H groups in total. The summed E-state index contributed by atoms with van der Waals surface area (Å²) >= 11 is 0. The zero-order chi connectivity index (χ0) is 15.7. The van der Waals surface area contributed by atoms with Crippen LogP contribution in [-0.2, 0) is 6.42 Å². The molecule has 1 atom stereocenters. The molecule has 0 fully saturated rings. The van der Waals surface area contributed by atoms with Crippen molar-refractivity contribution in [3.63, 3.8) is 0 Å². The number of furan rings is 1. The van der Waals surface area contributed by atoms with E-state index in [2.05, 4.69) is 10.2 Å². The Hall–Kier alpha value is -2.63. The van der Waals surface area contributed by atoms with E-state index in [9.17, 15) is 4.39 Å². The second-order valence-electron chi connectivity index (χ2n) is 5.42. The van der Waals surface area contributed by atoms with E-state index in [-0.39, 0.29) is 17.7 Å². The van der Waals surface area contributed by atoms with E-state index in [1.807, 2.05) is 13.0 Å². The lowest BCUT2D eigenvalue weighted by atomic mass is 9.81. The first-order chi connectivity index (χ1) is 10.6. The van der Waals surface area contributed by atoms with Gasteiger partial charge in [0.25, 0.3) is 0 Å². The molecule has 6 heteroatoms. The molecular weight excluding hydrogens is 283 g/mol. The van der Waals surface area contributed by atoms with Gasteiger partial charge in [0.2, 0.25) is 5.96 Å². The van der Waals surface area contributed by atoms with Crippen LogP contribution < -0.4 is 11.5 Å². The first kappa shape index (κ1) is 14.3. The molecule has 0 radical (unpaired) electrons. The largest absolute Gasteiger partial charge is 0.468 e. The van der Waals surface area contributed by atoms with E-state index in [1.54, 1.807) is 18.4 Å². The van der Waals surface area contributed by atoms with Crippen LogP contribution in [-0.4, -0.2) is 11.7 Å². The lowest BCUT2D eigenvalue weighted by Crippen LogP contribution is -2.23. The molecule has 1 unspecified atom stereocenters. The molecule has 1 aliphatic rings. The number of rotatable bonds is 2. The maximum atomic E-state index is 14.1. The van der Waals surface area contributed by atoms with Gasteiger partial charge in [0.15, 0.2) is 0 Å². The van der Waals surface area contributed by atoms with Crippen LogP contribution in [0.1, 0.15) is 34.8 Å². The number of hydrogen-bond donors (Lipinski definition) is 2. The molecule has 0 saturated heterocycles. The predicted molar refractivity (Wildman–Crippen MR) is 83.3 cm³/mol. The van der Waals surface area contributed by atoms with E-state index >= 15 is 0 Å². The number of aryl methyl sites for hydroxylation is 1. The number of nitrogens with zero attached hydrogens (tertiary/aromatic N) is 2. The summed E-state index contributed by atoms with van der Waals surface area (Å²) in [5.41, 5.74) is 14.0. The third kappa shape index (κ3) is 2.59. The SMILES string of the molecule is Cc1coc2c1C(=NN=C(N)N)CC(c1ccccc1F)C2. The van der Waals surface area contributed by atoms with Crippen molar-refractivity contribution in [2.75, 3.05) is 0 Å². The fourth-order valence-corrected chi connectivity index (χ4v) is 2.90. The number of hydrogen-bond acceptors (Lipinski definition) is 3. The highest BCUT2D eigenvalue weighted by molar-refractivity contribution is 6.04. The van der Waals surface area contributed by atoms with Crippen molar-refractivity contribution >= 4 is 11.7 Å². The van der Waals surface area contributed by atoms with Crippen LogP contribution in [0.25, 0.3) is 0 Å². The number of nitrogens with two attached hydrogens (primary N) is 2. The average molecular weight is 300 g/mol. The van der Waals surface area contributed by atoms with E-state index < -0.39 is 0 Å². The molecule has 0 saturated carbocycles. The summed E-state index contributed by atoms with van der Waals surface area (Å²) in [6, 6.07) is 6.76. The van der Waals surface area contributed by atoms with Gasteiger partial charge in [-0.05, 0) is 36.5 Å². The second-order valence-corrected chi connectivity index (χ2v) is 5.42. The zero-order valence-corrected chi connectivity index (χ0v) is 12.2. The average Bonchev–Trinajstić information content (AvgIpc) is 2.87. The molecule has 22 heavy (non-hydrogen) atoms. The van der Waals surface area contributed by atoms with Crippen molar-refractivity contribution in [1.82, 2.24) is 0 Å². The van der Waals surface area contributed by atoms with Crippen LogP contribution in [0.4, 0.5) is 4.39 Å². The third-order valence-electron chi connectivity index (χ3n) is 3.84. The highest BCUT2D eigenvalue weighted by Crippen LogP contribution is 2.36. The lowest BCUT2D eigenvalue weighted by molar-refractivity contribution is 0.473. The van der Waals surface area contributed by atoms with Gasteiger partial charge in [-0.3, -0.25) is 0 Å². The van der Waals surface area contributed by atoms with Gasteiger partial charge in [0, 0.05) is 12.0 Å². The van der Waals surface area contributed by atoms with Gasteiger partial charge in [-0.2, -0.15) is 5.10 Å². The first-order valence-electron chi connectivity index (χ1n) is 7.03. The molecule has 1 heterocycles. The Bertz CT molecular complexity index is 759. The van der Waals surface area contributed by atoms with Crippen molar-refractivity contribution in [3.05, 3.63) is 58.8 Å². The van der Waals surface area contributed by atoms with Gasteiger partial charge >= 0.3 is 0 Å². The van der Waals surface area contributed by atoms with Crippen LogP contribution in [0.15, 0.2) is 45.1 Å². The Balaban J connectivity index is 2.04. The van der Waals surface area contributed by atoms with Crippen molar-refractivity contribution in [3.8, 4) is 0 Å². The van der Waals surface area contributed by atoms with Crippen LogP contribution >= 0.6 is 0 Å². The summed E-state index contributed by atoms with van der Waals surface area (Å²) in [5.74, 6) is 0.414. The molecule has 1 aromatic heterocycles. The standard InChI is InChI=1S/C16H17FN4O/c1-9-8-22-14-7-10(11-4-2-3-5-12(11)17)6-13(15(9)14)20-21-16(18)19/h2-5,8,10H,6-7H2,1H3,(H4,18,19,21). The molecule has 2 aromatic rings. The van der Waals surface area contributed by atoms with Crippen molar-refractivity contribution in [1.29, 1.82) is 0 Å². The molecule has 114 valence electrons. The Morgan fingerprint density at radius 3 is 2.77 bits per heavy atom. The Morgan fingerprint density at radius 2 is 2.05 bits per heavy atom. The predicted octanol–water partition coefficient (Wildman–Crippen LogP) is 2.43. The smallest absolute Gasteiger partial charge is 0.211 e. The van der Waals surface area contributed by atoms with Crippen LogP contribution in [0.5, 0.6) is 0 Å². The van der Waals surface area contributed by atoms with Crippen molar-refractivity contribution in [2.24, 2.45) is 21.7 Å². The Morgan fingerprint density at radius 1 is 1.27 bits per heavy atom. The summed E-state index contributed by atoms with van der Waals surface area (Å²) in [6.45, 7) is 1.94. The summed E-state index contributed by atoms with van der Waals surface area (Å²) in [6.07, 6.45) is 2.87. The second kappa shape index (κ2) is 5.63. The van der Waals surface area contributed by atoms with Crippen molar-refractivity contribution in [2.45, 2.75) is 25.7 Å². The fraction of sp³-hybridized carbons (Fsp3) is 0.250. The quantitative estimate of drug-likeness (QED) is 0.507. The van der Waals surface area contributed by atoms with Crippen LogP contribution in [0.3, 0.4) is 0 Å². The fourth-order valence-electron chi connectivity index (χ4n) is 2.90. The van der Waals surface area contributed by atoms with Crippen molar-refractivity contribution < 1.29 is 8.81 Å². The maximum Gasteiger partial charge on any atom is 0.211 e. The highest BCUT2D eigenvalue weighted by atomic mass is 19.1. The van der Waals surface area contributed by atoms with E-state index in [0.717, 1.165) is 16.9 Å². The van der Waals surface area contributed by atoms with E-state index in [4.69, 9.17) is 15.9 Å². The Kier molecular flexibility index (Phi) is 3.66. The van der Waals surface area contributed by atoms with Gasteiger partial charge in [-0.1, -0.05) is 18.2 Å². The molecule has 0 aliphatic heterocycles. The third-order valence-corrected chi connectivity index (χ3v) is 3.84. The van der Waals surface area contributed by atoms with Gasteiger partial charge in [0.05, 0.1) is 12.0 Å². The zero-order valence-electron chi connectivity index (χ0n) is 12.2. The summed E-state index contributed by atoms with van der Waals surface area (Å²) in [7, 11) is 0. The summed E-state index contributed by atoms with van der Waals surface area (Å²) in [4.78, 5) is 0. The minimum Gasteiger partial charge on any atom is -0.468 e. The van der Waals surface area contributed by atoms with Crippen LogP contribution in [0, 0.1) is 12.7 Å². The molecular formula is C16H17FN4O.